The van der Waals surface area contributed by atoms with Crippen molar-refractivity contribution < 1.29 is 9.50 Å². The number of halogens is 1. The molecule has 0 unspecified atom stereocenters. The number of hydrogen-bond acceptors (Lipinski definition) is 6. The molecule has 0 amide bonds. The summed E-state index contributed by atoms with van der Waals surface area (Å²) >= 11 is 1.27. The van der Waals surface area contributed by atoms with Crippen LogP contribution in [0.4, 0.5) is 4.39 Å². The summed E-state index contributed by atoms with van der Waals surface area (Å²) in [6.45, 7) is 0.231. The molecule has 2 rings (SSSR count). The zero-order chi connectivity index (χ0) is 13.7. The van der Waals surface area contributed by atoms with Crippen LogP contribution in [-0.2, 0) is 12.3 Å². The van der Waals surface area contributed by atoms with Crippen LogP contribution >= 0.6 is 11.8 Å². The van der Waals surface area contributed by atoms with E-state index in [-0.39, 0.29) is 12.2 Å². The number of aliphatic hydroxyl groups is 1. The molecule has 8 heteroatoms. The van der Waals surface area contributed by atoms with Gasteiger partial charge >= 0.3 is 0 Å². The van der Waals surface area contributed by atoms with Gasteiger partial charge in [0.1, 0.15) is 5.82 Å². The number of hydrogen-bond donors (Lipinski definition) is 1. The van der Waals surface area contributed by atoms with E-state index < -0.39 is 5.82 Å². The fourth-order valence-electron chi connectivity index (χ4n) is 1.41. The second-order valence-electron chi connectivity index (χ2n) is 3.61. The fraction of sp³-hybridized carbons (Fsp3) is 0.273. The Morgan fingerprint density at radius 1 is 1.47 bits per heavy atom. The molecule has 0 saturated carbocycles. The summed E-state index contributed by atoms with van der Waals surface area (Å²) in [5, 5.41) is 29.0. The molecule has 0 saturated heterocycles. The Labute approximate surface area is 112 Å². The van der Waals surface area contributed by atoms with E-state index in [1.807, 2.05) is 6.07 Å². The third-order valence-electron chi connectivity index (χ3n) is 2.35. The van der Waals surface area contributed by atoms with Gasteiger partial charge in [-0.15, -0.1) is 5.10 Å². The minimum absolute atomic E-state index is 0.0656. The van der Waals surface area contributed by atoms with Crippen LogP contribution in [0.5, 0.6) is 0 Å². The monoisotopic (exact) mass is 279 g/mol. The van der Waals surface area contributed by atoms with E-state index in [2.05, 4.69) is 15.5 Å². The van der Waals surface area contributed by atoms with Crippen molar-refractivity contribution in [2.45, 2.75) is 17.5 Å². The molecular formula is C11H10FN5OS. The Bertz CT molecular complexity index is 609. The molecule has 0 aliphatic heterocycles. The first-order chi connectivity index (χ1) is 9.24. The zero-order valence-corrected chi connectivity index (χ0v) is 10.6. The third kappa shape index (κ3) is 3.27. The van der Waals surface area contributed by atoms with Crippen LogP contribution in [0, 0.1) is 17.1 Å². The number of aliphatic hydroxyl groups excluding tert-OH is 1. The molecule has 98 valence electrons. The lowest BCUT2D eigenvalue weighted by Crippen LogP contribution is -2.05. The molecule has 0 aliphatic rings. The Hall–Kier alpha value is -1.98. The van der Waals surface area contributed by atoms with Gasteiger partial charge in [-0.2, -0.15) is 5.26 Å². The van der Waals surface area contributed by atoms with Crippen molar-refractivity contribution in [1.29, 1.82) is 5.26 Å². The molecule has 6 nitrogen and oxygen atoms in total. The van der Waals surface area contributed by atoms with Gasteiger partial charge in [-0.05, 0) is 28.1 Å². The summed E-state index contributed by atoms with van der Waals surface area (Å²) < 4.78 is 15.1. The van der Waals surface area contributed by atoms with Crippen molar-refractivity contribution in [3.8, 4) is 6.07 Å². The maximum absolute atomic E-state index is 13.7. The summed E-state index contributed by atoms with van der Waals surface area (Å²) in [6, 6.07) is 6.22. The largest absolute Gasteiger partial charge is 0.394 e. The maximum atomic E-state index is 13.7. The number of rotatable bonds is 5. The van der Waals surface area contributed by atoms with Crippen LogP contribution in [-0.4, -0.2) is 31.9 Å². The summed E-state index contributed by atoms with van der Waals surface area (Å²) in [6.07, 6.45) is 0. The second kappa shape index (κ2) is 6.26. The highest BCUT2D eigenvalue weighted by molar-refractivity contribution is 7.98. The van der Waals surface area contributed by atoms with Crippen molar-refractivity contribution >= 4 is 11.8 Å². The normalized spacial score (nSPS) is 10.4. The summed E-state index contributed by atoms with van der Waals surface area (Å²) in [5.74, 6) is -0.0729. The lowest BCUT2D eigenvalue weighted by atomic mass is 10.1. The molecule has 1 aromatic carbocycles. The van der Waals surface area contributed by atoms with Gasteiger partial charge in [0.25, 0.3) is 0 Å². The predicted octanol–water partition coefficient (Wildman–Crippen LogP) is 0.968. The van der Waals surface area contributed by atoms with E-state index in [0.29, 0.717) is 23.0 Å². The SMILES string of the molecule is N#Cc1ccc(CSc2nnnn2CCO)c(F)c1. The summed E-state index contributed by atoms with van der Waals surface area (Å²) in [5.41, 5.74) is 0.763. The van der Waals surface area contributed by atoms with E-state index in [4.69, 9.17) is 10.4 Å². The van der Waals surface area contributed by atoms with Crippen LogP contribution in [0.2, 0.25) is 0 Å². The van der Waals surface area contributed by atoms with Gasteiger partial charge in [0.15, 0.2) is 0 Å². The number of aromatic nitrogens is 4. The minimum Gasteiger partial charge on any atom is -0.394 e. The van der Waals surface area contributed by atoms with Gasteiger partial charge in [0.05, 0.1) is 24.8 Å². The average molecular weight is 279 g/mol. The summed E-state index contributed by atoms with van der Waals surface area (Å²) in [7, 11) is 0. The van der Waals surface area contributed by atoms with Gasteiger partial charge in [0, 0.05) is 5.75 Å². The Morgan fingerprint density at radius 2 is 2.32 bits per heavy atom. The topological polar surface area (TPSA) is 87.6 Å². The first-order valence-electron chi connectivity index (χ1n) is 5.43. The highest BCUT2D eigenvalue weighted by Crippen LogP contribution is 2.22. The molecule has 2 aromatic rings. The van der Waals surface area contributed by atoms with Crippen molar-refractivity contribution in [3.63, 3.8) is 0 Å². The van der Waals surface area contributed by atoms with Crippen LogP contribution in [0.1, 0.15) is 11.1 Å². The molecule has 1 aromatic heterocycles. The fourth-order valence-corrected chi connectivity index (χ4v) is 2.30. The predicted molar refractivity (Wildman–Crippen MR) is 65.6 cm³/mol. The first kappa shape index (κ1) is 13.5. The van der Waals surface area contributed by atoms with Crippen LogP contribution in [0.25, 0.3) is 0 Å². The highest BCUT2D eigenvalue weighted by Gasteiger charge is 2.09. The second-order valence-corrected chi connectivity index (χ2v) is 4.56. The lowest BCUT2D eigenvalue weighted by Gasteiger charge is -2.04. The molecular weight excluding hydrogens is 269 g/mol. The first-order valence-corrected chi connectivity index (χ1v) is 6.41. The van der Waals surface area contributed by atoms with E-state index in [9.17, 15) is 4.39 Å². The molecule has 1 heterocycles. The number of nitriles is 1. The quantitative estimate of drug-likeness (QED) is 0.820. The maximum Gasteiger partial charge on any atom is 0.209 e. The van der Waals surface area contributed by atoms with Crippen molar-refractivity contribution in [2.24, 2.45) is 0 Å². The van der Waals surface area contributed by atoms with Gasteiger partial charge in [-0.25, -0.2) is 9.07 Å². The molecule has 0 aliphatic carbocycles. The number of thioether (sulfide) groups is 1. The number of nitrogens with zero attached hydrogens (tertiary/aromatic N) is 5. The highest BCUT2D eigenvalue weighted by atomic mass is 32.2. The van der Waals surface area contributed by atoms with Crippen LogP contribution < -0.4 is 0 Å². The summed E-state index contributed by atoms with van der Waals surface area (Å²) in [4.78, 5) is 0. The zero-order valence-electron chi connectivity index (χ0n) is 9.82. The smallest absolute Gasteiger partial charge is 0.209 e. The average Bonchev–Trinajstić information content (AvgIpc) is 2.85. The van der Waals surface area contributed by atoms with E-state index >= 15 is 0 Å². The van der Waals surface area contributed by atoms with Crippen molar-refractivity contribution in [2.75, 3.05) is 6.61 Å². The Morgan fingerprint density at radius 3 is 3.00 bits per heavy atom. The Kier molecular flexibility index (Phi) is 4.43. The lowest BCUT2D eigenvalue weighted by molar-refractivity contribution is 0.262. The van der Waals surface area contributed by atoms with Gasteiger partial charge < -0.3 is 5.11 Å². The standard InChI is InChI=1S/C11H10FN5OS/c12-10-5-8(6-13)1-2-9(10)7-19-11-14-15-16-17(11)3-4-18/h1-2,5,18H,3-4,7H2. The van der Waals surface area contributed by atoms with Crippen molar-refractivity contribution in [1.82, 2.24) is 20.2 Å². The van der Waals surface area contributed by atoms with Gasteiger partial charge in [-0.1, -0.05) is 17.8 Å². The van der Waals surface area contributed by atoms with Crippen LogP contribution in [0.3, 0.4) is 0 Å². The molecule has 0 fully saturated rings. The van der Waals surface area contributed by atoms with Gasteiger partial charge in [-0.3, -0.25) is 0 Å². The van der Waals surface area contributed by atoms with Gasteiger partial charge in [0.2, 0.25) is 5.16 Å². The molecule has 0 bridgehead atoms. The van der Waals surface area contributed by atoms with Crippen molar-refractivity contribution in [3.05, 3.63) is 35.1 Å². The third-order valence-corrected chi connectivity index (χ3v) is 3.36. The van der Waals surface area contributed by atoms with E-state index in [1.54, 1.807) is 12.1 Å². The molecule has 0 spiro atoms. The minimum atomic E-state index is -0.423. The number of tetrazole rings is 1. The molecule has 1 N–H and O–H groups in total. The Balaban J connectivity index is 2.06. The molecule has 19 heavy (non-hydrogen) atoms. The number of benzene rings is 1. The van der Waals surface area contributed by atoms with Crippen LogP contribution in [0.15, 0.2) is 23.4 Å². The van der Waals surface area contributed by atoms with E-state index in [1.165, 1.54) is 22.5 Å². The molecule has 0 atom stereocenters. The molecule has 0 radical (unpaired) electrons. The van der Waals surface area contributed by atoms with E-state index in [0.717, 1.165) is 0 Å².